The number of methoxy groups -OCH3 is 1. The molecule has 4 heteroatoms. The van der Waals surface area contributed by atoms with Crippen molar-refractivity contribution in [3.63, 3.8) is 0 Å². The molecule has 4 nitrogen and oxygen atoms in total. The standard InChI is InChI=1S/C13H22O4/c1-8-6-10(16-9(2)14)11-12(3,4)7-13(8,15-5)17-11/h8,10-11H,6-7H2,1-5H3. The van der Waals surface area contributed by atoms with E-state index < -0.39 is 5.79 Å². The van der Waals surface area contributed by atoms with Crippen molar-refractivity contribution in [1.29, 1.82) is 0 Å². The molecule has 0 spiro atoms. The predicted molar refractivity (Wildman–Crippen MR) is 62.3 cm³/mol. The van der Waals surface area contributed by atoms with E-state index in [1.165, 1.54) is 6.92 Å². The second-order valence-electron chi connectivity index (χ2n) is 6.00. The summed E-state index contributed by atoms with van der Waals surface area (Å²) < 4.78 is 17.1. The second kappa shape index (κ2) is 3.95. The lowest BCUT2D eigenvalue weighted by Crippen LogP contribution is -2.49. The minimum absolute atomic E-state index is 0.0269. The van der Waals surface area contributed by atoms with Gasteiger partial charge in [0.15, 0.2) is 5.79 Å². The van der Waals surface area contributed by atoms with E-state index in [0.717, 1.165) is 12.8 Å². The summed E-state index contributed by atoms with van der Waals surface area (Å²) in [5, 5.41) is 0. The van der Waals surface area contributed by atoms with E-state index in [0.29, 0.717) is 0 Å². The molecule has 2 saturated heterocycles. The van der Waals surface area contributed by atoms with Crippen molar-refractivity contribution in [1.82, 2.24) is 0 Å². The van der Waals surface area contributed by atoms with Crippen LogP contribution in [0.15, 0.2) is 0 Å². The molecule has 2 fully saturated rings. The van der Waals surface area contributed by atoms with Crippen LogP contribution in [0.25, 0.3) is 0 Å². The van der Waals surface area contributed by atoms with Gasteiger partial charge in [0.25, 0.3) is 0 Å². The van der Waals surface area contributed by atoms with Crippen molar-refractivity contribution in [2.24, 2.45) is 11.3 Å². The van der Waals surface area contributed by atoms with Crippen LogP contribution in [0.4, 0.5) is 0 Å². The Morgan fingerprint density at radius 2 is 2.06 bits per heavy atom. The molecule has 0 aromatic heterocycles. The van der Waals surface area contributed by atoms with E-state index >= 15 is 0 Å². The first-order valence-corrected chi connectivity index (χ1v) is 6.21. The molecule has 0 radical (unpaired) electrons. The fraction of sp³-hybridized carbons (Fsp3) is 0.923. The van der Waals surface area contributed by atoms with Crippen molar-refractivity contribution in [2.75, 3.05) is 7.11 Å². The number of hydrogen-bond acceptors (Lipinski definition) is 4. The first-order valence-electron chi connectivity index (χ1n) is 6.21. The highest BCUT2D eigenvalue weighted by atomic mass is 16.7. The molecule has 2 bridgehead atoms. The Morgan fingerprint density at radius 3 is 2.59 bits per heavy atom. The summed E-state index contributed by atoms with van der Waals surface area (Å²) in [6, 6.07) is 0. The van der Waals surface area contributed by atoms with Gasteiger partial charge in [0, 0.05) is 26.4 Å². The minimum Gasteiger partial charge on any atom is -0.460 e. The topological polar surface area (TPSA) is 44.8 Å². The molecule has 0 aliphatic carbocycles. The minimum atomic E-state index is -0.495. The molecular weight excluding hydrogens is 220 g/mol. The van der Waals surface area contributed by atoms with Crippen molar-refractivity contribution in [2.45, 2.75) is 58.5 Å². The smallest absolute Gasteiger partial charge is 0.302 e. The summed E-state index contributed by atoms with van der Waals surface area (Å²) in [5.74, 6) is -0.501. The van der Waals surface area contributed by atoms with Crippen molar-refractivity contribution in [3.8, 4) is 0 Å². The monoisotopic (exact) mass is 242 g/mol. The fourth-order valence-electron chi connectivity index (χ4n) is 3.32. The van der Waals surface area contributed by atoms with Gasteiger partial charge in [0.1, 0.15) is 12.2 Å². The zero-order valence-electron chi connectivity index (χ0n) is 11.3. The third kappa shape index (κ3) is 1.97. The molecular formula is C13H22O4. The Bertz CT molecular complexity index is 325. The van der Waals surface area contributed by atoms with Crippen molar-refractivity contribution < 1.29 is 19.0 Å². The van der Waals surface area contributed by atoms with Crippen LogP contribution in [0.1, 0.15) is 40.5 Å². The SMILES string of the molecule is COC12CC(C)(C)C(O1)C(OC(C)=O)CC2C. The highest BCUT2D eigenvalue weighted by Crippen LogP contribution is 2.54. The zero-order chi connectivity index (χ0) is 12.8. The number of carbonyl (C=O) groups excluding carboxylic acids is 1. The molecule has 0 N–H and O–H groups in total. The van der Waals surface area contributed by atoms with Crippen LogP contribution < -0.4 is 0 Å². The van der Waals surface area contributed by atoms with E-state index in [4.69, 9.17) is 14.2 Å². The van der Waals surface area contributed by atoms with Crippen LogP contribution in [-0.4, -0.2) is 31.1 Å². The van der Waals surface area contributed by atoms with Crippen molar-refractivity contribution in [3.05, 3.63) is 0 Å². The summed E-state index contributed by atoms with van der Waals surface area (Å²) in [5.41, 5.74) is -0.0269. The molecule has 2 heterocycles. The molecule has 4 atom stereocenters. The Balaban J connectivity index is 2.25. The highest BCUT2D eigenvalue weighted by Gasteiger charge is 2.61. The van der Waals surface area contributed by atoms with E-state index in [1.807, 2.05) is 0 Å². The molecule has 0 aromatic rings. The quantitative estimate of drug-likeness (QED) is 0.696. The Morgan fingerprint density at radius 1 is 1.41 bits per heavy atom. The van der Waals surface area contributed by atoms with Gasteiger partial charge < -0.3 is 14.2 Å². The molecule has 2 aliphatic heterocycles. The first kappa shape index (κ1) is 12.8. The maximum atomic E-state index is 11.1. The maximum absolute atomic E-state index is 11.1. The van der Waals surface area contributed by atoms with Crippen LogP contribution in [0, 0.1) is 11.3 Å². The van der Waals surface area contributed by atoms with E-state index in [2.05, 4.69) is 20.8 Å². The summed E-state index contributed by atoms with van der Waals surface area (Å²) >= 11 is 0. The molecule has 0 aromatic carbocycles. The third-order valence-electron chi connectivity index (χ3n) is 4.14. The molecule has 17 heavy (non-hydrogen) atoms. The summed E-state index contributed by atoms with van der Waals surface area (Å²) in [7, 11) is 1.70. The average molecular weight is 242 g/mol. The molecule has 0 saturated carbocycles. The van der Waals surface area contributed by atoms with Crippen LogP contribution in [0.3, 0.4) is 0 Å². The lowest BCUT2D eigenvalue weighted by molar-refractivity contribution is -0.282. The van der Waals surface area contributed by atoms with Crippen LogP contribution in [0.5, 0.6) is 0 Å². The number of hydrogen-bond donors (Lipinski definition) is 0. The lowest BCUT2D eigenvalue weighted by atomic mass is 9.83. The molecule has 4 unspecified atom stereocenters. The lowest BCUT2D eigenvalue weighted by Gasteiger charge is -2.41. The Labute approximate surface area is 103 Å². The fourth-order valence-corrected chi connectivity index (χ4v) is 3.32. The molecule has 0 amide bonds. The third-order valence-corrected chi connectivity index (χ3v) is 4.14. The number of carbonyl (C=O) groups is 1. The maximum Gasteiger partial charge on any atom is 0.302 e. The van der Waals surface area contributed by atoms with E-state index in [1.54, 1.807) is 7.11 Å². The van der Waals surface area contributed by atoms with Gasteiger partial charge in [-0.3, -0.25) is 4.79 Å². The van der Waals surface area contributed by atoms with Crippen LogP contribution in [-0.2, 0) is 19.0 Å². The van der Waals surface area contributed by atoms with Crippen LogP contribution >= 0.6 is 0 Å². The van der Waals surface area contributed by atoms with E-state index in [9.17, 15) is 4.79 Å². The van der Waals surface area contributed by atoms with Gasteiger partial charge in [-0.05, 0) is 11.8 Å². The molecule has 2 aliphatic rings. The summed E-state index contributed by atoms with van der Waals surface area (Å²) in [6.45, 7) is 7.84. The summed E-state index contributed by atoms with van der Waals surface area (Å²) in [6.07, 6.45) is 1.44. The number of fused-ring (bicyclic) bond motifs is 2. The average Bonchev–Trinajstić information content (AvgIpc) is 2.45. The van der Waals surface area contributed by atoms with E-state index in [-0.39, 0.29) is 29.5 Å². The van der Waals surface area contributed by atoms with Gasteiger partial charge >= 0.3 is 5.97 Å². The predicted octanol–water partition coefficient (Wildman–Crippen LogP) is 2.12. The van der Waals surface area contributed by atoms with Gasteiger partial charge in [-0.1, -0.05) is 20.8 Å². The summed E-state index contributed by atoms with van der Waals surface area (Å²) in [4.78, 5) is 11.1. The number of rotatable bonds is 2. The molecule has 2 rings (SSSR count). The normalized spacial score (nSPS) is 43.5. The zero-order valence-corrected chi connectivity index (χ0v) is 11.3. The second-order valence-corrected chi connectivity index (χ2v) is 6.00. The highest BCUT2D eigenvalue weighted by molar-refractivity contribution is 5.66. The first-order chi connectivity index (χ1) is 7.81. The number of esters is 1. The van der Waals surface area contributed by atoms with Gasteiger partial charge in [-0.2, -0.15) is 0 Å². The van der Waals surface area contributed by atoms with Crippen LogP contribution in [0.2, 0.25) is 0 Å². The van der Waals surface area contributed by atoms with Gasteiger partial charge in [-0.25, -0.2) is 0 Å². The largest absolute Gasteiger partial charge is 0.460 e. The van der Waals surface area contributed by atoms with Crippen molar-refractivity contribution >= 4 is 5.97 Å². The Hall–Kier alpha value is -0.610. The van der Waals surface area contributed by atoms with Gasteiger partial charge in [0.05, 0.1) is 0 Å². The molecule has 98 valence electrons. The Kier molecular flexibility index (Phi) is 2.99. The van der Waals surface area contributed by atoms with Gasteiger partial charge in [-0.15, -0.1) is 0 Å². The van der Waals surface area contributed by atoms with Gasteiger partial charge in [0.2, 0.25) is 0 Å². The number of ether oxygens (including phenoxy) is 3.